The third kappa shape index (κ3) is 1.20. The Hall–Kier alpha value is -1.60. The van der Waals surface area contributed by atoms with Crippen LogP contribution in [0.25, 0.3) is 0 Å². The zero-order chi connectivity index (χ0) is 10.3. The first-order valence-electron chi connectivity index (χ1n) is 5.34. The molecule has 2 aliphatic rings. The fourth-order valence-corrected chi connectivity index (χ4v) is 2.70. The van der Waals surface area contributed by atoms with Crippen LogP contribution in [0.2, 0.25) is 0 Å². The van der Waals surface area contributed by atoms with Crippen molar-refractivity contribution >= 4 is 11.8 Å². The average Bonchev–Trinajstić information content (AvgIpc) is 2.61. The number of rotatable bonds is 1. The van der Waals surface area contributed by atoms with Gasteiger partial charge in [0.2, 0.25) is 6.08 Å². The van der Waals surface area contributed by atoms with Crippen molar-refractivity contribution in [2.45, 2.75) is 18.9 Å². The monoisotopic (exact) mass is 200 g/mol. The molecule has 2 aliphatic heterocycles. The summed E-state index contributed by atoms with van der Waals surface area (Å²) < 4.78 is 0. The molecular formula is C12H12N2O. The van der Waals surface area contributed by atoms with Crippen molar-refractivity contribution in [1.29, 1.82) is 0 Å². The lowest BCUT2D eigenvalue weighted by Gasteiger charge is -2.26. The predicted molar refractivity (Wildman–Crippen MR) is 57.8 cm³/mol. The summed E-state index contributed by atoms with van der Waals surface area (Å²) in [6.45, 7) is 1.94. The summed E-state index contributed by atoms with van der Waals surface area (Å²) in [5.74, 6) is 0. The topological polar surface area (TPSA) is 32.7 Å². The fraction of sp³-hybridized carbons (Fsp3) is 0.417. The minimum atomic E-state index is 0.00977. The third-order valence-corrected chi connectivity index (χ3v) is 3.30. The van der Waals surface area contributed by atoms with Crippen LogP contribution < -0.4 is 4.90 Å². The average molecular weight is 200 g/mol. The molecule has 0 N–H and O–H groups in total. The maximum atomic E-state index is 10.4. The second-order valence-corrected chi connectivity index (χ2v) is 4.14. The van der Waals surface area contributed by atoms with E-state index in [0.29, 0.717) is 0 Å². The molecule has 15 heavy (non-hydrogen) atoms. The van der Waals surface area contributed by atoms with E-state index in [1.807, 2.05) is 0 Å². The van der Waals surface area contributed by atoms with Crippen molar-refractivity contribution in [2.24, 2.45) is 4.99 Å². The summed E-state index contributed by atoms with van der Waals surface area (Å²) in [6.07, 6.45) is 4.04. The van der Waals surface area contributed by atoms with Crippen LogP contribution >= 0.6 is 0 Å². The normalized spacial score (nSPS) is 22.1. The highest BCUT2D eigenvalue weighted by Crippen LogP contribution is 2.41. The van der Waals surface area contributed by atoms with Gasteiger partial charge in [0.05, 0.1) is 0 Å². The van der Waals surface area contributed by atoms with E-state index in [1.165, 1.54) is 23.2 Å². The number of para-hydroxylation sites is 1. The number of anilines is 1. The molecule has 2 heterocycles. The van der Waals surface area contributed by atoms with Gasteiger partial charge < -0.3 is 4.90 Å². The van der Waals surface area contributed by atoms with Crippen LogP contribution in [0.1, 0.15) is 23.6 Å². The number of isocyanates is 1. The molecule has 1 atom stereocenters. The van der Waals surface area contributed by atoms with E-state index in [2.05, 4.69) is 28.1 Å². The molecule has 0 aromatic heterocycles. The molecule has 3 nitrogen and oxygen atoms in total. The molecule has 0 fully saturated rings. The molecule has 0 bridgehead atoms. The molecular weight excluding hydrogens is 188 g/mol. The molecule has 3 heteroatoms. The van der Waals surface area contributed by atoms with Gasteiger partial charge in [-0.1, -0.05) is 18.2 Å². The van der Waals surface area contributed by atoms with Crippen molar-refractivity contribution in [2.75, 3.05) is 18.0 Å². The van der Waals surface area contributed by atoms with E-state index in [1.54, 1.807) is 6.08 Å². The Morgan fingerprint density at radius 3 is 3.27 bits per heavy atom. The Morgan fingerprint density at radius 2 is 2.40 bits per heavy atom. The molecule has 0 amide bonds. The van der Waals surface area contributed by atoms with Gasteiger partial charge in [0.25, 0.3) is 0 Å². The Labute approximate surface area is 88.4 Å². The summed E-state index contributed by atoms with van der Waals surface area (Å²) in [6, 6.07) is 6.33. The summed E-state index contributed by atoms with van der Waals surface area (Å²) in [5, 5.41) is 0. The van der Waals surface area contributed by atoms with Gasteiger partial charge >= 0.3 is 0 Å². The number of hydrogen-bond acceptors (Lipinski definition) is 3. The van der Waals surface area contributed by atoms with Gasteiger partial charge in [0.15, 0.2) is 0 Å². The Morgan fingerprint density at radius 1 is 1.47 bits per heavy atom. The summed E-state index contributed by atoms with van der Waals surface area (Å²) >= 11 is 0. The first kappa shape index (κ1) is 8.69. The quantitative estimate of drug-likeness (QED) is 0.511. The number of benzene rings is 1. The molecule has 0 spiro atoms. The first-order chi connectivity index (χ1) is 7.40. The highest BCUT2D eigenvalue weighted by Gasteiger charge is 2.31. The number of hydrogen-bond donors (Lipinski definition) is 0. The Kier molecular flexibility index (Phi) is 1.86. The molecule has 0 saturated carbocycles. The Balaban J connectivity index is 2.15. The molecule has 3 rings (SSSR count). The Bertz CT molecular complexity index is 449. The van der Waals surface area contributed by atoms with E-state index in [0.717, 1.165) is 19.5 Å². The second-order valence-electron chi connectivity index (χ2n) is 4.14. The fourth-order valence-electron chi connectivity index (χ4n) is 2.70. The van der Waals surface area contributed by atoms with E-state index in [-0.39, 0.29) is 6.04 Å². The van der Waals surface area contributed by atoms with E-state index >= 15 is 0 Å². The molecule has 0 saturated heterocycles. The van der Waals surface area contributed by atoms with E-state index in [9.17, 15) is 4.79 Å². The SMILES string of the molecule is O=C=NC1CN2CCCc3cccc1c32. The van der Waals surface area contributed by atoms with Crippen molar-refractivity contribution < 1.29 is 4.79 Å². The highest BCUT2D eigenvalue weighted by atomic mass is 16.1. The largest absolute Gasteiger partial charge is 0.368 e. The van der Waals surface area contributed by atoms with Crippen LogP contribution in [0.5, 0.6) is 0 Å². The predicted octanol–water partition coefficient (Wildman–Crippen LogP) is 1.83. The lowest BCUT2D eigenvalue weighted by molar-refractivity contribution is 0.558. The molecule has 76 valence electrons. The first-order valence-corrected chi connectivity index (χ1v) is 5.34. The standard InChI is InChI=1S/C12H12N2O/c15-8-13-11-7-14-6-2-4-9-3-1-5-10(11)12(9)14/h1,3,5,11H,2,4,6-7H2. The maximum absolute atomic E-state index is 10.4. The van der Waals surface area contributed by atoms with Crippen LogP contribution in [0, 0.1) is 0 Å². The van der Waals surface area contributed by atoms with E-state index in [4.69, 9.17) is 0 Å². The third-order valence-electron chi connectivity index (χ3n) is 3.30. The molecule has 1 aromatic carbocycles. The van der Waals surface area contributed by atoms with Gasteiger partial charge in [-0.25, -0.2) is 4.79 Å². The minimum absolute atomic E-state index is 0.00977. The maximum Gasteiger partial charge on any atom is 0.235 e. The van der Waals surface area contributed by atoms with Gasteiger partial charge in [-0.15, -0.1) is 0 Å². The molecule has 0 radical (unpaired) electrons. The van der Waals surface area contributed by atoms with Crippen molar-refractivity contribution in [3.8, 4) is 0 Å². The van der Waals surface area contributed by atoms with Crippen LogP contribution in [-0.2, 0) is 11.2 Å². The van der Waals surface area contributed by atoms with Crippen LogP contribution in [0.15, 0.2) is 23.2 Å². The summed E-state index contributed by atoms with van der Waals surface area (Å²) in [5.41, 5.74) is 3.94. The number of nitrogens with zero attached hydrogens (tertiary/aromatic N) is 2. The minimum Gasteiger partial charge on any atom is -0.368 e. The van der Waals surface area contributed by atoms with Gasteiger partial charge in [-0.3, -0.25) is 0 Å². The van der Waals surface area contributed by atoms with Gasteiger partial charge in [0.1, 0.15) is 6.04 Å². The van der Waals surface area contributed by atoms with Crippen LogP contribution in [0.3, 0.4) is 0 Å². The number of aliphatic imine (C=N–C) groups is 1. The molecule has 1 aromatic rings. The lowest BCUT2D eigenvalue weighted by Crippen LogP contribution is -2.27. The highest BCUT2D eigenvalue weighted by molar-refractivity contribution is 5.66. The smallest absolute Gasteiger partial charge is 0.235 e. The zero-order valence-corrected chi connectivity index (χ0v) is 8.44. The zero-order valence-electron chi connectivity index (χ0n) is 8.44. The lowest BCUT2D eigenvalue weighted by atomic mass is 9.99. The second kappa shape index (κ2) is 3.21. The molecule has 0 aliphatic carbocycles. The van der Waals surface area contributed by atoms with Crippen molar-refractivity contribution in [3.05, 3.63) is 29.3 Å². The van der Waals surface area contributed by atoms with Gasteiger partial charge in [-0.2, -0.15) is 4.99 Å². The van der Waals surface area contributed by atoms with Crippen molar-refractivity contribution in [3.63, 3.8) is 0 Å². The van der Waals surface area contributed by atoms with Crippen LogP contribution in [-0.4, -0.2) is 19.2 Å². The molecule has 1 unspecified atom stereocenters. The summed E-state index contributed by atoms with van der Waals surface area (Å²) in [4.78, 5) is 16.6. The van der Waals surface area contributed by atoms with E-state index < -0.39 is 0 Å². The van der Waals surface area contributed by atoms with Gasteiger partial charge in [-0.05, 0) is 18.4 Å². The van der Waals surface area contributed by atoms with Crippen molar-refractivity contribution in [1.82, 2.24) is 0 Å². The summed E-state index contributed by atoms with van der Waals surface area (Å²) in [7, 11) is 0. The number of carbonyl (C=O) groups excluding carboxylic acids is 1. The van der Waals surface area contributed by atoms with Crippen LogP contribution in [0.4, 0.5) is 5.69 Å². The number of aryl methyl sites for hydroxylation is 1. The van der Waals surface area contributed by atoms with Gasteiger partial charge in [0, 0.05) is 24.3 Å².